The first-order valence-corrected chi connectivity index (χ1v) is 10.6. The van der Waals surface area contributed by atoms with Crippen LogP contribution in [0.4, 0.5) is 0 Å². The molecule has 2 aromatic rings. The lowest BCUT2D eigenvalue weighted by Gasteiger charge is -2.20. The van der Waals surface area contributed by atoms with E-state index in [9.17, 15) is 13.2 Å². The molecule has 0 aromatic heterocycles. The van der Waals surface area contributed by atoms with Crippen molar-refractivity contribution in [2.24, 2.45) is 0 Å². The molecule has 0 saturated carbocycles. The number of carbonyl (C=O) groups is 1. The molecule has 8 heteroatoms. The highest BCUT2D eigenvalue weighted by molar-refractivity contribution is 7.89. The fourth-order valence-corrected chi connectivity index (χ4v) is 4.01. The van der Waals surface area contributed by atoms with Crippen LogP contribution in [-0.4, -0.2) is 52.5 Å². The van der Waals surface area contributed by atoms with Gasteiger partial charge in [0.05, 0.1) is 18.6 Å². The van der Waals surface area contributed by atoms with Crippen molar-refractivity contribution in [3.05, 3.63) is 59.2 Å². The minimum absolute atomic E-state index is 0.0636. The summed E-state index contributed by atoms with van der Waals surface area (Å²) >= 11 is 0. The average Bonchev–Trinajstić information content (AvgIpc) is 2.68. The van der Waals surface area contributed by atoms with Gasteiger partial charge in [-0.1, -0.05) is 17.7 Å². The fraction of sp³-hybridized carbons (Fsp3) is 0.381. The lowest BCUT2D eigenvalue weighted by Crippen LogP contribution is -2.35. The van der Waals surface area contributed by atoms with E-state index in [0.29, 0.717) is 23.5 Å². The lowest BCUT2D eigenvalue weighted by molar-refractivity contribution is 0.0905. The van der Waals surface area contributed by atoms with Crippen LogP contribution in [0.3, 0.4) is 0 Å². The minimum Gasteiger partial charge on any atom is -0.496 e. The molecular weight excluding hydrogens is 392 g/mol. The predicted octanol–water partition coefficient (Wildman–Crippen LogP) is 2.59. The number of hydrogen-bond acceptors (Lipinski definition) is 5. The molecule has 0 bridgehead atoms. The molecule has 0 aliphatic heterocycles. The molecule has 0 aliphatic carbocycles. The summed E-state index contributed by atoms with van der Waals surface area (Å²) in [5, 5.41) is 2.84. The summed E-state index contributed by atoms with van der Waals surface area (Å²) in [6.45, 7) is 4.20. The van der Waals surface area contributed by atoms with Crippen LogP contribution in [0.2, 0.25) is 0 Å². The van der Waals surface area contributed by atoms with Gasteiger partial charge in [-0.3, -0.25) is 4.79 Å². The Morgan fingerprint density at radius 3 is 2.38 bits per heavy atom. The van der Waals surface area contributed by atoms with Gasteiger partial charge in [-0.15, -0.1) is 0 Å². The lowest BCUT2D eigenvalue weighted by atomic mass is 10.1. The van der Waals surface area contributed by atoms with Crippen molar-refractivity contribution in [2.75, 3.05) is 27.9 Å². The van der Waals surface area contributed by atoms with E-state index in [1.807, 2.05) is 13.8 Å². The van der Waals surface area contributed by atoms with Crippen molar-refractivity contribution < 1.29 is 22.7 Å². The molecule has 0 spiro atoms. The zero-order valence-corrected chi connectivity index (χ0v) is 18.2. The molecule has 158 valence electrons. The summed E-state index contributed by atoms with van der Waals surface area (Å²) in [6.07, 6.45) is 0. The molecule has 2 aromatic carbocycles. The van der Waals surface area contributed by atoms with Crippen LogP contribution < -0.4 is 10.1 Å². The standard InChI is InChI=1S/C21H28N2O5S/c1-15-6-9-19(10-7-15)29(25,26)23(3)13-18-12-17(8-11-20(18)28-5)21(24)22-16(2)14-27-4/h6-12,16H,13-14H2,1-5H3,(H,22,24)/t16-/m0/s1. The number of amides is 1. The number of benzene rings is 2. The zero-order chi connectivity index (χ0) is 21.6. The van der Waals surface area contributed by atoms with Crippen molar-refractivity contribution in [3.63, 3.8) is 0 Å². The highest BCUT2D eigenvalue weighted by atomic mass is 32.2. The normalized spacial score (nSPS) is 12.6. The third-order valence-electron chi connectivity index (χ3n) is 4.46. The van der Waals surface area contributed by atoms with E-state index in [-0.39, 0.29) is 23.4 Å². The van der Waals surface area contributed by atoms with E-state index in [1.54, 1.807) is 49.6 Å². The number of sulfonamides is 1. The third-order valence-corrected chi connectivity index (χ3v) is 6.28. The summed E-state index contributed by atoms with van der Waals surface area (Å²) in [7, 11) is 0.900. The SMILES string of the molecule is COC[C@H](C)NC(=O)c1ccc(OC)c(CN(C)S(=O)(=O)c2ccc(C)cc2)c1. The molecule has 0 saturated heterocycles. The number of aryl methyl sites for hydroxylation is 1. The van der Waals surface area contributed by atoms with Crippen LogP contribution in [-0.2, 0) is 21.3 Å². The number of nitrogens with zero attached hydrogens (tertiary/aromatic N) is 1. The van der Waals surface area contributed by atoms with Gasteiger partial charge in [-0.2, -0.15) is 4.31 Å². The Morgan fingerprint density at radius 1 is 1.14 bits per heavy atom. The highest BCUT2D eigenvalue weighted by Gasteiger charge is 2.22. The van der Waals surface area contributed by atoms with Crippen molar-refractivity contribution >= 4 is 15.9 Å². The largest absolute Gasteiger partial charge is 0.496 e. The maximum atomic E-state index is 12.9. The topological polar surface area (TPSA) is 84.9 Å². The van der Waals surface area contributed by atoms with E-state index in [2.05, 4.69) is 5.32 Å². The second-order valence-electron chi connectivity index (χ2n) is 6.93. The summed E-state index contributed by atoms with van der Waals surface area (Å²) in [5.74, 6) is 0.250. The van der Waals surface area contributed by atoms with Gasteiger partial charge in [0.2, 0.25) is 10.0 Å². The molecule has 7 nitrogen and oxygen atoms in total. The second kappa shape index (κ2) is 9.87. The van der Waals surface area contributed by atoms with E-state index in [1.165, 1.54) is 18.5 Å². The molecule has 0 heterocycles. The molecular formula is C21H28N2O5S. The maximum Gasteiger partial charge on any atom is 0.251 e. The summed E-state index contributed by atoms with van der Waals surface area (Å²) < 4.78 is 37.4. The Bertz CT molecular complexity index is 942. The summed E-state index contributed by atoms with van der Waals surface area (Å²) in [5.41, 5.74) is 2.00. The van der Waals surface area contributed by atoms with Crippen LogP contribution in [0.5, 0.6) is 5.75 Å². The summed E-state index contributed by atoms with van der Waals surface area (Å²) in [4.78, 5) is 12.7. The Hall–Kier alpha value is -2.42. The third kappa shape index (κ3) is 5.79. The first kappa shape index (κ1) is 22.9. The zero-order valence-electron chi connectivity index (χ0n) is 17.4. The fourth-order valence-electron chi connectivity index (χ4n) is 2.86. The number of methoxy groups -OCH3 is 2. The van der Waals surface area contributed by atoms with E-state index in [0.717, 1.165) is 5.56 Å². The molecule has 1 atom stereocenters. The molecule has 0 unspecified atom stereocenters. The van der Waals surface area contributed by atoms with Crippen molar-refractivity contribution in [3.8, 4) is 5.75 Å². The predicted molar refractivity (Wildman–Crippen MR) is 112 cm³/mol. The van der Waals surface area contributed by atoms with E-state index >= 15 is 0 Å². The smallest absolute Gasteiger partial charge is 0.251 e. The first-order chi connectivity index (χ1) is 13.7. The van der Waals surface area contributed by atoms with Gasteiger partial charge in [0.25, 0.3) is 5.91 Å². The molecule has 2 rings (SSSR count). The molecule has 0 radical (unpaired) electrons. The monoisotopic (exact) mass is 420 g/mol. The van der Waals surface area contributed by atoms with Gasteiger partial charge in [-0.25, -0.2) is 8.42 Å². The number of rotatable bonds is 9. The van der Waals surface area contributed by atoms with Gasteiger partial charge in [0.15, 0.2) is 0 Å². The van der Waals surface area contributed by atoms with Crippen LogP contribution in [0.1, 0.15) is 28.4 Å². The Morgan fingerprint density at radius 2 is 1.79 bits per heavy atom. The highest BCUT2D eigenvalue weighted by Crippen LogP contribution is 2.24. The Balaban J connectivity index is 2.26. The van der Waals surface area contributed by atoms with Crippen LogP contribution in [0, 0.1) is 6.92 Å². The second-order valence-corrected chi connectivity index (χ2v) is 8.98. The Kier molecular flexibility index (Phi) is 7.78. The van der Waals surface area contributed by atoms with Crippen LogP contribution >= 0.6 is 0 Å². The molecule has 1 N–H and O–H groups in total. The summed E-state index contributed by atoms with van der Waals surface area (Å²) in [6, 6.07) is 11.5. The van der Waals surface area contributed by atoms with Crippen LogP contribution in [0.15, 0.2) is 47.4 Å². The van der Waals surface area contributed by atoms with Gasteiger partial charge in [0, 0.05) is 37.9 Å². The molecule has 29 heavy (non-hydrogen) atoms. The van der Waals surface area contributed by atoms with Crippen molar-refractivity contribution in [2.45, 2.75) is 31.3 Å². The number of nitrogens with one attached hydrogen (secondary N) is 1. The number of carbonyl (C=O) groups excluding carboxylic acids is 1. The van der Waals surface area contributed by atoms with Crippen molar-refractivity contribution in [1.82, 2.24) is 9.62 Å². The van der Waals surface area contributed by atoms with Gasteiger partial charge in [0.1, 0.15) is 5.75 Å². The van der Waals surface area contributed by atoms with Gasteiger partial charge >= 0.3 is 0 Å². The molecule has 0 fully saturated rings. The first-order valence-electron chi connectivity index (χ1n) is 9.18. The maximum absolute atomic E-state index is 12.9. The molecule has 0 aliphatic rings. The number of ether oxygens (including phenoxy) is 2. The molecule has 1 amide bonds. The van der Waals surface area contributed by atoms with Gasteiger partial charge in [-0.05, 0) is 44.2 Å². The van der Waals surface area contributed by atoms with Crippen LogP contribution in [0.25, 0.3) is 0 Å². The van der Waals surface area contributed by atoms with E-state index in [4.69, 9.17) is 9.47 Å². The minimum atomic E-state index is -3.68. The van der Waals surface area contributed by atoms with Gasteiger partial charge < -0.3 is 14.8 Å². The van der Waals surface area contributed by atoms with Crippen molar-refractivity contribution in [1.29, 1.82) is 0 Å². The van der Waals surface area contributed by atoms with E-state index < -0.39 is 10.0 Å². The average molecular weight is 421 g/mol. The Labute approximate surface area is 172 Å². The number of hydrogen-bond donors (Lipinski definition) is 1. The quantitative estimate of drug-likeness (QED) is 0.674.